The zero-order valence-corrected chi connectivity index (χ0v) is 23.7. The summed E-state index contributed by atoms with van der Waals surface area (Å²) in [5, 5.41) is 17.7. The number of benzene rings is 2. The van der Waals surface area contributed by atoms with Gasteiger partial charge in [0.1, 0.15) is 18.5 Å². The standard InChI is InChI=1S/C27H30ClN5O3S2/c1-17-12-32(14-26(35)31-27-30-24(16-37-27)19-3-5-20(28)6-4-19)9-10-33(17)13-21(34)15-36-22-7-8-25-23(11-22)29-18(2)38-25/h3-8,11,16-17,21,34H,9-10,12-15H2,1-2H3,(H,30,31,35)/t17?,21-/m1/s1. The van der Waals surface area contributed by atoms with Crippen LogP contribution >= 0.6 is 34.3 Å². The van der Waals surface area contributed by atoms with E-state index in [0.29, 0.717) is 29.0 Å². The molecular weight excluding hydrogens is 542 g/mol. The molecule has 2 N–H and O–H groups in total. The largest absolute Gasteiger partial charge is 0.491 e. The van der Waals surface area contributed by atoms with Gasteiger partial charge in [0.25, 0.3) is 0 Å². The lowest BCUT2D eigenvalue weighted by Crippen LogP contribution is -2.55. The van der Waals surface area contributed by atoms with Crippen LogP contribution in [0.4, 0.5) is 5.13 Å². The molecule has 1 amide bonds. The summed E-state index contributed by atoms with van der Waals surface area (Å²) in [5.41, 5.74) is 2.69. The molecule has 1 aliphatic rings. The van der Waals surface area contributed by atoms with Crippen molar-refractivity contribution >= 4 is 55.5 Å². The maximum atomic E-state index is 12.7. The van der Waals surface area contributed by atoms with Gasteiger partial charge in [-0.3, -0.25) is 14.6 Å². The molecule has 2 atom stereocenters. The van der Waals surface area contributed by atoms with Gasteiger partial charge in [0, 0.05) is 54.3 Å². The van der Waals surface area contributed by atoms with E-state index in [0.717, 1.165) is 46.1 Å². The van der Waals surface area contributed by atoms with E-state index in [1.54, 1.807) is 11.3 Å². The second-order valence-corrected chi connectivity index (χ2v) is 12.0. The summed E-state index contributed by atoms with van der Waals surface area (Å²) in [6, 6.07) is 13.5. The predicted molar refractivity (Wildman–Crippen MR) is 155 cm³/mol. The fraction of sp³-hybridized carbons (Fsp3) is 0.370. The summed E-state index contributed by atoms with van der Waals surface area (Å²) >= 11 is 9.02. The van der Waals surface area contributed by atoms with Gasteiger partial charge in [-0.05, 0) is 38.1 Å². The molecule has 38 heavy (non-hydrogen) atoms. The Balaban J connectivity index is 1.05. The number of nitrogens with one attached hydrogen (secondary N) is 1. The monoisotopic (exact) mass is 571 g/mol. The first-order chi connectivity index (χ1) is 18.3. The lowest BCUT2D eigenvalue weighted by molar-refractivity contribution is -0.118. The number of fused-ring (bicyclic) bond motifs is 1. The number of amides is 1. The molecular formula is C27H30ClN5O3S2. The molecule has 1 aliphatic heterocycles. The Bertz CT molecular complexity index is 1390. The highest BCUT2D eigenvalue weighted by atomic mass is 35.5. The minimum atomic E-state index is -0.611. The molecule has 1 unspecified atom stereocenters. The van der Waals surface area contributed by atoms with Crippen molar-refractivity contribution in [2.24, 2.45) is 0 Å². The molecule has 2 aromatic carbocycles. The maximum absolute atomic E-state index is 12.7. The fourth-order valence-electron chi connectivity index (χ4n) is 4.56. The van der Waals surface area contributed by atoms with Crippen LogP contribution in [-0.4, -0.2) is 82.3 Å². The number of aryl methyl sites for hydroxylation is 1. The first-order valence-electron chi connectivity index (χ1n) is 12.5. The first-order valence-corrected chi connectivity index (χ1v) is 14.6. The van der Waals surface area contributed by atoms with Gasteiger partial charge < -0.3 is 15.2 Å². The molecule has 5 rings (SSSR count). The number of hydrogen-bond acceptors (Lipinski definition) is 9. The van der Waals surface area contributed by atoms with Crippen molar-refractivity contribution in [3.63, 3.8) is 0 Å². The number of nitrogens with zero attached hydrogens (tertiary/aromatic N) is 4. The minimum Gasteiger partial charge on any atom is -0.491 e. The van der Waals surface area contributed by atoms with Crippen LogP contribution in [0.5, 0.6) is 5.75 Å². The Morgan fingerprint density at radius 3 is 2.84 bits per heavy atom. The first kappa shape index (κ1) is 27.0. The molecule has 0 saturated carbocycles. The number of piperazine rings is 1. The molecule has 0 aliphatic carbocycles. The molecule has 8 nitrogen and oxygen atoms in total. The van der Waals surface area contributed by atoms with E-state index in [4.69, 9.17) is 16.3 Å². The lowest BCUT2D eigenvalue weighted by Gasteiger charge is -2.40. The second-order valence-electron chi connectivity index (χ2n) is 9.50. The quantitative estimate of drug-likeness (QED) is 0.299. The van der Waals surface area contributed by atoms with Gasteiger partial charge >= 0.3 is 0 Å². The van der Waals surface area contributed by atoms with Crippen molar-refractivity contribution < 1.29 is 14.6 Å². The Labute approximate surface area is 234 Å². The molecule has 200 valence electrons. The number of anilines is 1. The number of thiazole rings is 2. The van der Waals surface area contributed by atoms with E-state index in [1.807, 2.05) is 54.8 Å². The molecule has 11 heteroatoms. The minimum absolute atomic E-state index is 0.0802. The summed E-state index contributed by atoms with van der Waals surface area (Å²) in [7, 11) is 0. The molecule has 0 bridgehead atoms. The fourth-order valence-corrected chi connectivity index (χ4v) is 6.23. The third-order valence-electron chi connectivity index (χ3n) is 6.46. The Kier molecular flexibility index (Phi) is 8.57. The number of ether oxygens (including phenoxy) is 1. The number of carbonyl (C=O) groups is 1. The average Bonchev–Trinajstić information content (AvgIpc) is 3.50. The van der Waals surface area contributed by atoms with Gasteiger partial charge in [0.15, 0.2) is 5.13 Å². The number of hydrogen-bond donors (Lipinski definition) is 2. The highest BCUT2D eigenvalue weighted by Crippen LogP contribution is 2.27. The third-order valence-corrected chi connectivity index (χ3v) is 8.42. The van der Waals surface area contributed by atoms with Crippen LogP contribution in [0.1, 0.15) is 11.9 Å². The predicted octanol–water partition coefficient (Wildman–Crippen LogP) is 4.77. The maximum Gasteiger partial charge on any atom is 0.240 e. The highest BCUT2D eigenvalue weighted by molar-refractivity contribution is 7.18. The molecule has 0 radical (unpaired) electrons. The zero-order valence-electron chi connectivity index (χ0n) is 21.3. The van der Waals surface area contributed by atoms with E-state index in [9.17, 15) is 9.90 Å². The van der Waals surface area contributed by atoms with Crippen molar-refractivity contribution in [2.75, 3.05) is 44.6 Å². The molecule has 1 saturated heterocycles. The van der Waals surface area contributed by atoms with Crippen LogP contribution in [0, 0.1) is 6.92 Å². The number of β-amino-alcohol motifs (C(OH)–C–C–N with tert-alkyl or cyclic N) is 1. The normalized spacial score (nSPS) is 17.5. The molecule has 3 heterocycles. The van der Waals surface area contributed by atoms with Gasteiger partial charge in [-0.1, -0.05) is 23.7 Å². The van der Waals surface area contributed by atoms with Gasteiger partial charge in [-0.25, -0.2) is 9.97 Å². The Hall–Kier alpha value is -2.60. The summed E-state index contributed by atoms with van der Waals surface area (Å²) in [6.45, 7) is 7.42. The van der Waals surface area contributed by atoms with E-state index in [2.05, 4.69) is 32.0 Å². The van der Waals surface area contributed by atoms with E-state index in [1.165, 1.54) is 11.3 Å². The van der Waals surface area contributed by atoms with Gasteiger partial charge in [-0.15, -0.1) is 22.7 Å². The number of aliphatic hydroxyl groups is 1. The van der Waals surface area contributed by atoms with Crippen LogP contribution in [-0.2, 0) is 4.79 Å². The van der Waals surface area contributed by atoms with Crippen molar-refractivity contribution in [3.05, 3.63) is 57.9 Å². The van der Waals surface area contributed by atoms with E-state index >= 15 is 0 Å². The zero-order chi connectivity index (χ0) is 26.6. The van der Waals surface area contributed by atoms with E-state index < -0.39 is 6.10 Å². The van der Waals surface area contributed by atoms with Crippen LogP contribution < -0.4 is 10.1 Å². The van der Waals surface area contributed by atoms with Crippen molar-refractivity contribution in [3.8, 4) is 17.0 Å². The Morgan fingerprint density at radius 2 is 2.05 bits per heavy atom. The number of carbonyl (C=O) groups excluding carboxylic acids is 1. The highest BCUT2D eigenvalue weighted by Gasteiger charge is 2.26. The topological polar surface area (TPSA) is 90.8 Å². The number of aliphatic hydroxyl groups excluding tert-OH is 1. The van der Waals surface area contributed by atoms with Crippen molar-refractivity contribution in [2.45, 2.75) is 26.0 Å². The van der Waals surface area contributed by atoms with Crippen molar-refractivity contribution in [1.82, 2.24) is 19.8 Å². The molecule has 1 fully saturated rings. The van der Waals surface area contributed by atoms with Gasteiger partial charge in [0.05, 0.1) is 27.5 Å². The number of rotatable bonds is 9. The Morgan fingerprint density at radius 1 is 1.24 bits per heavy atom. The molecule has 4 aromatic rings. The molecule has 0 spiro atoms. The van der Waals surface area contributed by atoms with Crippen LogP contribution in [0.25, 0.3) is 21.5 Å². The van der Waals surface area contributed by atoms with Gasteiger partial charge in [-0.2, -0.15) is 0 Å². The molecule has 2 aromatic heterocycles. The lowest BCUT2D eigenvalue weighted by atomic mass is 10.1. The average molecular weight is 572 g/mol. The number of aromatic nitrogens is 2. The van der Waals surface area contributed by atoms with Crippen LogP contribution in [0.3, 0.4) is 0 Å². The SMILES string of the molecule is Cc1nc2cc(OC[C@H](O)CN3CCN(CC(=O)Nc4nc(-c5ccc(Cl)cc5)cs4)CC3C)ccc2s1. The smallest absolute Gasteiger partial charge is 0.240 e. The van der Waals surface area contributed by atoms with Crippen LogP contribution in [0.15, 0.2) is 47.8 Å². The van der Waals surface area contributed by atoms with Crippen molar-refractivity contribution in [1.29, 1.82) is 0 Å². The third kappa shape index (κ3) is 6.88. The summed E-state index contributed by atoms with van der Waals surface area (Å²) in [5.74, 6) is 0.634. The van der Waals surface area contributed by atoms with Gasteiger partial charge in [0.2, 0.25) is 5.91 Å². The second kappa shape index (κ2) is 12.1. The van der Waals surface area contributed by atoms with E-state index in [-0.39, 0.29) is 18.6 Å². The summed E-state index contributed by atoms with van der Waals surface area (Å²) < 4.78 is 6.97. The number of halogens is 1. The van der Waals surface area contributed by atoms with Crippen LogP contribution in [0.2, 0.25) is 5.02 Å². The summed E-state index contributed by atoms with van der Waals surface area (Å²) in [6.07, 6.45) is -0.611. The summed E-state index contributed by atoms with van der Waals surface area (Å²) in [4.78, 5) is 26.1.